The van der Waals surface area contributed by atoms with Crippen molar-refractivity contribution in [3.05, 3.63) is 76.0 Å². The molecule has 0 saturated heterocycles. The molecule has 0 unspecified atom stereocenters. The average molecular weight is 291 g/mol. The van der Waals surface area contributed by atoms with Crippen molar-refractivity contribution in [3.63, 3.8) is 0 Å². The van der Waals surface area contributed by atoms with Crippen molar-refractivity contribution in [1.29, 1.82) is 0 Å². The lowest BCUT2D eigenvalue weighted by Gasteiger charge is -2.17. The Bertz CT molecular complexity index is 808. The van der Waals surface area contributed by atoms with Crippen LogP contribution >= 0.6 is 0 Å². The molecular formula is C19H17NO2. The summed E-state index contributed by atoms with van der Waals surface area (Å²) in [6.07, 6.45) is 1.38. The van der Waals surface area contributed by atoms with E-state index < -0.39 is 0 Å². The molecule has 0 bridgehead atoms. The number of rotatable bonds is 2. The number of hydrogen-bond acceptors (Lipinski definition) is 3. The minimum Gasteiger partial charge on any atom is -0.352 e. The van der Waals surface area contributed by atoms with E-state index in [1.54, 1.807) is 24.3 Å². The number of Topliss-reactive ketones (excluding diaryl/α,β-unsaturated/α-hetero) is 1. The third-order valence-corrected chi connectivity index (χ3v) is 4.16. The van der Waals surface area contributed by atoms with Crippen molar-refractivity contribution in [2.24, 2.45) is 0 Å². The van der Waals surface area contributed by atoms with E-state index in [-0.39, 0.29) is 11.6 Å². The molecule has 0 heterocycles. The van der Waals surface area contributed by atoms with Gasteiger partial charge >= 0.3 is 0 Å². The van der Waals surface area contributed by atoms with Gasteiger partial charge in [0.1, 0.15) is 0 Å². The van der Waals surface area contributed by atoms with Gasteiger partial charge in [-0.3, -0.25) is 9.59 Å². The second-order valence-corrected chi connectivity index (χ2v) is 5.66. The molecule has 0 atom stereocenters. The van der Waals surface area contributed by atoms with Gasteiger partial charge in [-0.25, -0.2) is 0 Å². The fourth-order valence-electron chi connectivity index (χ4n) is 2.67. The quantitative estimate of drug-likeness (QED) is 0.910. The Morgan fingerprint density at radius 2 is 1.45 bits per heavy atom. The Morgan fingerprint density at radius 1 is 0.864 bits per heavy atom. The van der Waals surface area contributed by atoms with Crippen molar-refractivity contribution in [1.82, 2.24) is 0 Å². The number of benzene rings is 2. The van der Waals surface area contributed by atoms with Crippen LogP contribution in [-0.2, 0) is 0 Å². The molecular weight excluding hydrogens is 274 g/mol. The normalized spacial score (nSPS) is 13.7. The van der Waals surface area contributed by atoms with Gasteiger partial charge < -0.3 is 5.32 Å². The first-order valence-corrected chi connectivity index (χ1v) is 7.22. The monoisotopic (exact) mass is 291 g/mol. The minimum atomic E-state index is -0.147. The number of carbonyl (C=O) groups is 2. The Balaban J connectivity index is 1.97. The summed E-state index contributed by atoms with van der Waals surface area (Å²) in [4.78, 5) is 24.7. The highest BCUT2D eigenvalue weighted by Crippen LogP contribution is 2.25. The average Bonchev–Trinajstić information content (AvgIpc) is 2.50. The highest BCUT2D eigenvalue weighted by Gasteiger charge is 2.25. The molecule has 1 aliphatic rings. The van der Waals surface area contributed by atoms with Crippen LogP contribution in [0, 0.1) is 20.8 Å². The van der Waals surface area contributed by atoms with Gasteiger partial charge in [0.25, 0.3) is 0 Å². The summed E-state index contributed by atoms with van der Waals surface area (Å²) in [6, 6.07) is 10.9. The number of fused-ring (bicyclic) bond motifs is 1. The second-order valence-electron chi connectivity index (χ2n) is 5.66. The van der Waals surface area contributed by atoms with Gasteiger partial charge in [-0.2, -0.15) is 0 Å². The topological polar surface area (TPSA) is 46.2 Å². The third-order valence-electron chi connectivity index (χ3n) is 4.16. The molecule has 0 spiro atoms. The van der Waals surface area contributed by atoms with E-state index in [0.29, 0.717) is 16.8 Å². The molecule has 2 aromatic carbocycles. The number of allylic oxidation sites excluding steroid dienone is 2. The zero-order chi connectivity index (χ0) is 15.9. The molecule has 2 aromatic rings. The first kappa shape index (κ1) is 14.3. The molecule has 22 heavy (non-hydrogen) atoms. The molecule has 0 radical (unpaired) electrons. The number of hydrogen-bond donors (Lipinski definition) is 1. The molecule has 0 aliphatic heterocycles. The SMILES string of the molecule is Cc1cc(NC2=CC(=O)c3ccccc3C2=O)cc(C)c1C. The minimum absolute atomic E-state index is 0.141. The van der Waals surface area contributed by atoms with E-state index in [9.17, 15) is 9.59 Å². The first-order chi connectivity index (χ1) is 10.5. The molecule has 0 fully saturated rings. The highest BCUT2D eigenvalue weighted by atomic mass is 16.1. The number of carbonyl (C=O) groups excluding carboxylic acids is 2. The largest absolute Gasteiger partial charge is 0.352 e. The fraction of sp³-hybridized carbons (Fsp3) is 0.158. The van der Waals surface area contributed by atoms with Gasteiger partial charge in [0.05, 0.1) is 5.70 Å². The molecule has 0 saturated carbocycles. The lowest BCUT2D eigenvalue weighted by molar-refractivity contribution is 0.0985. The summed E-state index contributed by atoms with van der Waals surface area (Å²) in [7, 11) is 0. The summed E-state index contributed by atoms with van der Waals surface area (Å²) in [5.41, 5.74) is 5.61. The second kappa shape index (κ2) is 5.26. The number of aryl methyl sites for hydroxylation is 2. The van der Waals surface area contributed by atoms with Crippen LogP contribution in [0.3, 0.4) is 0 Å². The van der Waals surface area contributed by atoms with Gasteiger partial charge in [0, 0.05) is 22.9 Å². The van der Waals surface area contributed by atoms with Crippen LogP contribution in [-0.4, -0.2) is 11.6 Å². The van der Waals surface area contributed by atoms with Crippen LogP contribution in [0.4, 0.5) is 5.69 Å². The predicted molar refractivity (Wildman–Crippen MR) is 87.5 cm³/mol. The number of ketones is 2. The Hall–Kier alpha value is -2.68. The maximum atomic E-state index is 12.5. The summed E-state index contributed by atoms with van der Waals surface area (Å²) in [6.45, 7) is 6.13. The van der Waals surface area contributed by atoms with Crippen LogP contribution in [0.25, 0.3) is 0 Å². The summed E-state index contributed by atoms with van der Waals surface area (Å²) in [5.74, 6) is -0.288. The third kappa shape index (κ3) is 2.35. The summed E-state index contributed by atoms with van der Waals surface area (Å²) in [5, 5.41) is 3.10. The maximum Gasteiger partial charge on any atom is 0.210 e. The number of nitrogens with one attached hydrogen (secondary N) is 1. The maximum absolute atomic E-state index is 12.5. The summed E-state index contributed by atoms with van der Waals surface area (Å²) < 4.78 is 0. The molecule has 1 aliphatic carbocycles. The van der Waals surface area contributed by atoms with Gasteiger partial charge in [-0.15, -0.1) is 0 Å². The van der Waals surface area contributed by atoms with Crippen LogP contribution in [0.5, 0.6) is 0 Å². The highest BCUT2D eigenvalue weighted by molar-refractivity contribution is 6.25. The van der Waals surface area contributed by atoms with Crippen molar-refractivity contribution >= 4 is 17.3 Å². The van der Waals surface area contributed by atoms with Crippen molar-refractivity contribution in [2.45, 2.75) is 20.8 Å². The van der Waals surface area contributed by atoms with Crippen LogP contribution in [0.2, 0.25) is 0 Å². The van der Waals surface area contributed by atoms with Crippen molar-refractivity contribution < 1.29 is 9.59 Å². The Labute approximate surface area is 129 Å². The molecule has 110 valence electrons. The van der Waals surface area contributed by atoms with Gasteiger partial charge in [0.15, 0.2) is 5.78 Å². The molecule has 0 amide bonds. The van der Waals surface area contributed by atoms with Crippen molar-refractivity contribution in [2.75, 3.05) is 5.32 Å². The molecule has 3 nitrogen and oxygen atoms in total. The fourth-order valence-corrected chi connectivity index (χ4v) is 2.67. The van der Waals surface area contributed by atoms with E-state index in [1.165, 1.54) is 11.6 Å². The van der Waals surface area contributed by atoms with Crippen LogP contribution in [0.15, 0.2) is 48.2 Å². The van der Waals surface area contributed by atoms with Gasteiger partial charge in [0.2, 0.25) is 5.78 Å². The van der Waals surface area contributed by atoms with Gasteiger partial charge in [-0.1, -0.05) is 24.3 Å². The molecule has 0 aromatic heterocycles. The van der Waals surface area contributed by atoms with E-state index >= 15 is 0 Å². The standard InChI is InChI=1S/C19H17NO2/c1-11-8-14(9-12(2)13(11)3)20-17-10-18(21)15-6-4-5-7-16(15)19(17)22/h4-10,20H,1-3H3. The first-order valence-electron chi connectivity index (χ1n) is 7.22. The Morgan fingerprint density at radius 3 is 2.09 bits per heavy atom. The Kier molecular flexibility index (Phi) is 3.41. The van der Waals surface area contributed by atoms with E-state index in [4.69, 9.17) is 0 Å². The lowest BCUT2D eigenvalue weighted by atomic mass is 9.92. The van der Waals surface area contributed by atoms with Gasteiger partial charge in [-0.05, 0) is 49.6 Å². The van der Waals surface area contributed by atoms with Crippen LogP contribution in [0.1, 0.15) is 37.4 Å². The predicted octanol–water partition coefficient (Wildman–Crippen LogP) is 3.99. The zero-order valence-electron chi connectivity index (χ0n) is 12.9. The van der Waals surface area contributed by atoms with Crippen LogP contribution < -0.4 is 5.32 Å². The van der Waals surface area contributed by atoms with E-state index in [2.05, 4.69) is 12.2 Å². The number of anilines is 1. The van der Waals surface area contributed by atoms with Crippen molar-refractivity contribution in [3.8, 4) is 0 Å². The zero-order valence-corrected chi connectivity index (χ0v) is 12.9. The molecule has 3 rings (SSSR count). The molecule has 3 heteroatoms. The van der Waals surface area contributed by atoms with E-state index in [0.717, 1.165) is 16.8 Å². The van der Waals surface area contributed by atoms with E-state index in [1.807, 2.05) is 26.0 Å². The smallest absolute Gasteiger partial charge is 0.210 e. The summed E-state index contributed by atoms with van der Waals surface area (Å²) >= 11 is 0. The molecule has 1 N–H and O–H groups in total. The lowest BCUT2D eigenvalue weighted by Crippen LogP contribution is -2.21.